The molecule has 0 spiro atoms. The first-order valence-electron chi connectivity index (χ1n) is 13.4. The van der Waals surface area contributed by atoms with Gasteiger partial charge in [-0.15, -0.1) is 0 Å². The van der Waals surface area contributed by atoms with Crippen molar-refractivity contribution >= 4 is 34.8 Å². The lowest BCUT2D eigenvalue weighted by molar-refractivity contribution is 0.101. The Morgan fingerprint density at radius 2 is 1.07 bits per heavy atom. The van der Waals surface area contributed by atoms with E-state index in [4.69, 9.17) is 37.4 Å². The second-order valence-electron chi connectivity index (χ2n) is 10.8. The van der Waals surface area contributed by atoms with Gasteiger partial charge in [-0.25, -0.2) is 0 Å². The molecule has 0 amide bonds. The van der Waals surface area contributed by atoms with Gasteiger partial charge in [0.15, 0.2) is 11.5 Å². The molecule has 0 bridgehead atoms. The van der Waals surface area contributed by atoms with Crippen LogP contribution in [-0.2, 0) is 0 Å². The minimum atomic E-state index is -1.04. The molecule has 2 aliphatic carbocycles. The zero-order valence-electron chi connectivity index (χ0n) is 24.1. The first kappa shape index (κ1) is 29.5. The molecule has 0 aliphatic heterocycles. The van der Waals surface area contributed by atoms with Crippen LogP contribution in [0.4, 0.5) is 0 Å². The number of rotatable bonds is 4. The number of carbonyl (C=O) groups is 2. The maximum Gasteiger partial charge on any atom is 0.205 e. The van der Waals surface area contributed by atoms with Gasteiger partial charge in [0.1, 0.15) is 23.0 Å². The van der Waals surface area contributed by atoms with E-state index in [0.717, 1.165) is 6.07 Å². The van der Waals surface area contributed by atoms with Crippen LogP contribution in [0, 0.1) is 13.8 Å². The number of benzene rings is 4. The number of hydrogen-bond acceptors (Lipinski definition) is 9. The second kappa shape index (κ2) is 10.2. The fourth-order valence-electron chi connectivity index (χ4n) is 6.70. The number of hydrogen-bond donors (Lipinski definition) is 4. The molecule has 0 aromatic heterocycles. The topological polar surface area (TPSA) is 143 Å². The van der Waals surface area contributed by atoms with Crippen molar-refractivity contribution in [1.82, 2.24) is 0 Å². The number of aromatic hydroxyl groups is 4. The van der Waals surface area contributed by atoms with Crippen LogP contribution in [0.3, 0.4) is 0 Å². The number of phenols is 4. The number of ether oxygens (including phenoxy) is 3. The van der Waals surface area contributed by atoms with Gasteiger partial charge in [-0.2, -0.15) is 0 Å². The van der Waals surface area contributed by atoms with E-state index >= 15 is 0 Å². The molecule has 0 heterocycles. The van der Waals surface area contributed by atoms with E-state index in [-0.39, 0.29) is 54.9 Å². The molecule has 0 saturated heterocycles. The van der Waals surface area contributed by atoms with E-state index in [1.807, 2.05) is 0 Å². The summed E-state index contributed by atoms with van der Waals surface area (Å²) in [6.45, 7) is 3.60. The first-order chi connectivity index (χ1) is 20.9. The largest absolute Gasteiger partial charge is 0.507 e. The molecule has 226 valence electrons. The Balaban J connectivity index is 1.87. The molecule has 4 aromatic rings. The normalized spacial score (nSPS) is 16.5. The Morgan fingerprint density at radius 3 is 1.55 bits per heavy atom. The van der Waals surface area contributed by atoms with Gasteiger partial charge in [-0.3, -0.25) is 9.59 Å². The highest BCUT2D eigenvalue weighted by molar-refractivity contribution is 6.35. The average molecular weight is 637 g/mol. The fourth-order valence-corrected chi connectivity index (χ4v) is 7.26. The van der Waals surface area contributed by atoms with Crippen LogP contribution in [0.2, 0.25) is 10.0 Å². The summed E-state index contributed by atoms with van der Waals surface area (Å²) in [5.74, 6) is -5.53. The predicted molar refractivity (Wildman–Crippen MR) is 162 cm³/mol. The molecule has 4 N–H and O–H groups in total. The monoisotopic (exact) mass is 636 g/mol. The summed E-state index contributed by atoms with van der Waals surface area (Å²) in [7, 11) is 4.02. The molecule has 6 rings (SSSR count). The Bertz CT molecular complexity index is 1960. The number of halogens is 2. The van der Waals surface area contributed by atoms with E-state index in [9.17, 15) is 30.0 Å². The van der Waals surface area contributed by atoms with Gasteiger partial charge in [-0.1, -0.05) is 35.3 Å². The van der Waals surface area contributed by atoms with Crippen molar-refractivity contribution in [1.29, 1.82) is 0 Å². The van der Waals surface area contributed by atoms with Crippen LogP contribution in [-0.4, -0.2) is 53.3 Å². The first-order valence-corrected chi connectivity index (χ1v) is 14.1. The van der Waals surface area contributed by atoms with Gasteiger partial charge < -0.3 is 34.6 Å². The van der Waals surface area contributed by atoms with Crippen molar-refractivity contribution in [2.75, 3.05) is 21.3 Å². The van der Waals surface area contributed by atoms with Gasteiger partial charge >= 0.3 is 0 Å². The number of ketones is 2. The molecule has 0 saturated carbocycles. The molecule has 0 radical (unpaired) electrons. The Labute approximate surface area is 261 Å². The SMILES string of the molecule is COc1cc(C)cc2c1C(=O)c1c(O)cc(O)c(Cl)c1[C@@H]2[C@@H]1c2cc(C)cc(OC)c2C(=O)c2c(O)c(OC)c(O)c(Cl)c21. The summed E-state index contributed by atoms with van der Waals surface area (Å²) < 4.78 is 16.5. The minimum Gasteiger partial charge on any atom is -0.507 e. The molecule has 9 nitrogen and oxygen atoms in total. The summed E-state index contributed by atoms with van der Waals surface area (Å²) >= 11 is 13.6. The molecular formula is C33H26Cl2O9. The third-order valence-corrected chi connectivity index (χ3v) is 9.15. The lowest BCUT2D eigenvalue weighted by Gasteiger charge is -2.40. The number of aryl methyl sites for hydroxylation is 2. The fraction of sp³-hybridized carbons (Fsp3) is 0.212. The van der Waals surface area contributed by atoms with Crippen molar-refractivity contribution in [3.63, 3.8) is 0 Å². The molecular weight excluding hydrogens is 611 g/mol. The van der Waals surface area contributed by atoms with Crippen molar-refractivity contribution in [3.05, 3.63) is 96.0 Å². The summed E-state index contributed by atoms with van der Waals surface area (Å²) in [5.41, 5.74) is 2.12. The molecule has 4 aromatic carbocycles. The summed E-state index contributed by atoms with van der Waals surface area (Å²) in [6, 6.07) is 7.82. The molecule has 2 aliphatic rings. The standard InChI is InChI=1S/C33H26Cl2O9/c1-11-6-13-19(17(8-11)42-3)29(38)23-15(36)10-16(37)27(34)24(23)21(13)22-14-7-12(2)9-18(43-4)20(14)30(39)26-25(22)28(35)32(41)33(44-5)31(26)40/h6-10,21-22,36-37,40-41H,1-5H3/t21-,22-/m0/s1. The molecule has 44 heavy (non-hydrogen) atoms. The molecule has 11 heteroatoms. The van der Waals surface area contributed by atoms with Crippen LogP contribution >= 0.6 is 23.2 Å². The molecule has 0 unspecified atom stereocenters. The highest BCUT2D eigenvalue weighted by Crippen LogP contribution is 2.61. The Hall–Kier alpha value is -4.60. The van der Waals surface area contributed by atoms with Crippen molar-refractivity contribution in [3.8, 4) is 40.2 Å². The second-order valence-corrected chi connectivity index (χ2v) is 11.6. The Kier molecular flexibility index (Phi) is 6.86. The van der Waals surface area contributed by atoms with Crippen LogP contribution in [0.1, 0.15) is 77.1 Å². The van der Waals surface area contributed by atoms with Gasteiger partial charge in [-0.05, 0) is 59.4 Å². The average Bonchev–Trinajstić information content (AvgIpc) is 2.98. The zero-order chi connectivity index (χ0) is 31.9. The predicted octanol–water partition coefficient (Wildman–Crippen LogP) is 6.51. The van der Waals surface area contributed by atoms with Crippen LogP contribution in [0.5, 0.6) is 40.2 Å². The van der Waals surface area contributed by atoms with Crippen molar-refractivity contribution in [2.45, 2.75) is 25.7 Å². The highest BCUT2D eigenvalue weighted by atomic mass is 35.5. The maximum atomic E-state index is 14.2. The van der Waals surface area contributed by atoms with Gasteiger partial charge in [0.25, 0.3) is 0 Å². The van der Waals surface area contributed by atoms with Gasteiger partial charge in [0.2, 0.25) is 17.3 Å². The maximum absolute atomic E-state index is 14.2. The van der Waals surface area contributed by atoms with E-state index < -0.39 is 52.1 Å². The molecule has 2 atom stereocenters. The summed E-state index contributed by atoms with van der Waals surface area (Å²) in [5, 5.41) is 43.9. The van der Waals surface area contributed by atoms with E-state index in [1.165, 1.54) is 21.3 Å². The van der Waals surface area contributed by atoms with Gasteiger partial charge in [0, 0.05) is 17.9 Å². The van der Waals surface area contributed by atoms with E-state index in [1.54, 1.807) is 38.1 Å². The molecule has 0 fully saturated rings. The van der Waals surface area contributed by atoms with Crippen molar-refractivity contribution in [2.24, 2.45) is 0 Å². The van der Waals surface area contributed by atoms with Crippen LogP contribution in [0.25, 0.3) is 0 Å². The van der Waals surface area contributed by atoms with Crippen LogP contribution < -0.4 is 14.2 Å². The zero-order valence-corrected chi connectivity index (χ0v) is 25.6. The van der Waals surface area contributed by atoms with Crippen molar-refractivity contribution < 1.29 is 44.2 Å². The number of fused-ring (bicyclic) bond motifs is 4. The number of methoxy groups -OCH3 is 3. The van der Waals surface area contributed by atoms with Crippen LogP contribution in [0.15, 0.2) is 30.3 Å². The lowest BCUT2D eigenvalue weighted by atomic mass is 9.63. The summed E-state index contributed by atoms with van der Waals surface area (Å²) in [4.78, 5) is 28.3. The number of phenolic OH excluding ortho intramolecular Hbond substituents is 4. The van der Waals surface area contributed by atoms with E-state index in [0.29, 0.717) is 22.3 Å². The third-order valence-electron chi connectivity index (χ3n) is 8.37. The van der Waals surface area contributed by atoms with E-state index in [2.05, 4.69) is 0 Å². The smallest absolute Gasteiger partial charge is 0.205 e. The number of carbonyl (C=O) groups excluding carboxylic acids is 2. The highest BCUT2D eigenvalue weighted by Gasteiger charge is 2.49. The van der Waals surface area contributed by atoms with Gasteiger partial charge in [0.05, 0.1) is 53.6 Å². The minimum absolute atomic E-state index is 0.0308. The Morgan fingerprint density at radius 1 is 0.591 bits per heavy atom. The third kappa shape index (κ3) is 3.85. The quantitative estimate of drug-likeness (QED) is 0.197. The summed E-state index contributed by atoms with van der Waals surface area (Å²) in [6.07, 6.45) is 0. The lowest BCUT2D eigenvalue weighted by Crippen LogP contribution is -2.31.